The summed E-state index contributed by atoms with van der Waals surface area (Å²) in [5.41, 5.74) is 4.49. The quantitative estimate of drug-likeness (QED) is 0.180. The van der Waals surface area contributed by atoms with Gasteiger partial charge in [0, 0.05) is 22.4 Å². The largest absolute Gasteiger partial charge is 0.481 e. The number of aryl methyl sites for hydroxylation is 2. The summed E-state index contributed by atoms with van der Waals surface area (Å²) in [5, 5.41) is 37.2. The summed E-state index contributed by atoms with van der Waals surface area (Å²) in [6, 6.07) is 8.47. The number of aromatic nitrogens is 4. The molecule has 0 aliphatic rings. The highest BCUT2D eigenvalue weighted by atomic mass is 35.5. The first-order valence-electron chi connectivity index (χ1n) is 14.0. The van der Waals surface area contributed by atoms with Gasteiger partial charge in [-0.05, 0) is 75.6 Å². The third-order valence-corrected chi connectivity index (χ3v) is 7.89. The summed E-state index contributed by atoms with van der Waals surface area (Å²) in [4.78, 5) is 25.7. The number of rotatable bonds is 9. The van der Waals surface area contributed by atoms with E-state index in [9.17, 15) is 19.8 Å². The van der Waals surface area contributed by atoms with E-state index in [0.29, 0.717) is 33.6 Å². The molecule has 2 aromatic carbocycles. The molecule has 0 aliphatic carbocycles. The predicted molar refractivity (Wildman–Crippen MR) is 167 cm³/mol. The Morgan fingerprint density at radius 1 is 1.02 bits per heavy atom. The lowest BCUT2D eigenvalue weighted by atomic mass is 9.92. The molecule has 12 heteroatoms. The van der Waals surface area contributed by atoms with Gasteiger partial charge in [-0.25, -0.2) is 4.52 Å². The fourth-order valence-electron chi connectivity index (χ4n) is 4.76. The molecule has 0 aliphatic heterocycles. The van der Waals surface area contributed by atoms with Crippen LogP contribution in [-0.2, 0) is 15.0 Å². The highest BCUT2D eigenvalue weighted by Crippen LogP contribution is 2.37. The lowest BCUT2D eigenvalue weighted by Crippen LogP contribution is -2.39. The Balaban J connectivity index is 1.53. The van der Waals surface area contributed by atoms with Crippen LogP contribution >= 0.6 is 11.6 Å². The van der Waals surface area contributed by atoms with Crippen LogP contribution in [0.1, 0.15) is 57.0 Å². The van der Waals surface area contributed by atoms with Gasteiger partial charge in [0.2, 0.25) is 5.91 Å². The van der Waals surface area contributed by atoms with E-state index in [1.807, 2.05) is 26.8 Å². The maximum absolute atomic E-state index is 13.3. The fourth-order valence-corrected chi connectivity index (χ4v) is 5.21. The minimum absolute atomic E-state index is 0.225. The number of halogens is 1. The average molecular weight is 611 g/mol. The van der Waals surface area contributed by atoms with E-state index in [0.717, 1.165) is 27.9 Å². The molecule has 4 rings (SSSR count). The normalized spacial score (nSPS) is 12.8. The third-order valence-electron chi connectivity index (χ3n) is 7.54. The van der Waals surface area contributed by atoms with Crippen molar-refractivity contribution in [2.75, 3.05) is 23.8 Å². The maximum atomic E-state index is 13.3. The van der Waals surface area contributed by atoms with Gasteiger partial charge in [-0.1, -0.05) is 38.4 Å². The number of aliphatic hydroxyl groups is 2. The first-order chi connectivity index (χ1) is 20.1. The van der Waals surface area contributed by atoms with Gasteiger partial charge in [0.25, 0.3) is 5.91 Å². The maximum Gasteiger partial charge on any atom is 0.265 e. The van der Waals surface area contributed by atoms with Crippen LogP contribution in [0.25, 0.3) is 17.0 Å². The van der Waals surface area contributed by atoms with Crippen LogP contribution in [0.15, 0.2) is 30.3 Å². The number of ether oxygens (including phenoxy) is 1. The summed E-state index contributed by atoms with van der Waals surface area (Å²) in [6.07, 6.45) is -0.840. The van der Waals surface area contributed by atoms with Crippen molar-refractivity contribution in [2.45, 2.75) is 66.9 Å². The van der Waals surface area contributed by atoms with Gasteiger partial charge in [0.05, 0.1) is 24.3 Å². The van der Waals surface area contributed by atoms with Gasteiger partial charge >= 0.3 is 0 Å². The number of carbonyl (C=O) groups excluding carboxylic acids is 2. The van der Waals surface area contributed by atoms with Gasteiger partial charge < -0.3 is 25.6 Å². The Bertz CT molecular complexity index is 1660. The van der Waals surface area contributed by atoms with Crippen LogP contribution in [0, 0.1) is 26.2 Å². The topological polar surface area (TPSA) is 154 Å². The lowest BCUT2D eigenvalue weighted by molar-refractivity contribution is -0.129. The Hall–Kier alpha value is -3.93. The van der Waals surface area contributed by atoms with Crippen LogP contribution in [0.4, 0.5) is 11.4 Å². The molecule has 2 amide bonds. The Morgan fingerprint density at radius 2 is 1.65 bits per heavy atom. The monoisotopic (exact) mass is 610 g/mol. The zero-order valence-corrected chi connectivity index (χ0v) is 26.5. The van der Waals surface area contributed by atoms with E-state index in [4.69, 9.17) is 16.3 Å². The van der Waals surface area contributed by atoms with Crippen LogP contribution in [-0.4, -0.2) is 61.2 Å². The molecule has 2 heterocycles. The molecule has 1 atom stereocenters. The predicted octanol–water partition coefficient (Wildman–Crippen LogP) is 4.94. The van der Waals surface area contributed by atoms with Crippen LogP contribution < -0.4 is 15.4 Å². The molecule has 2 aromatic heterocycles. The number of fused-ring (bicyclic) bond motifs is 1. The van der Waals surface area contributed by atoms with Crippen molar-refractivity contribution < 1.29 is 24.5 Å². The minimum Gasteiger partial charge on any atom is -0.481 e. The van der Waals surface area contributed by atoms with Crippen molar-refractivity contribution in [3.63, 3.8) is 0 Å². The SMILES string of the molecule is Cc1cc(C)c(-c2nnc3c(Cl)c(C(C)(C)C)[nH]n23)c(C)c1NC(=O)C(C)Oc1ccc(NC(=O)C(C)(CO)CO)cc1. The van der Waals surface area contributed by atoms with E-state index in [1.54, 1.807) is 35.7 Å². The number of hydrogen-bond donors (Lipinski definition) is 5. The minimum atomic E-state index is -1.31. The summed E-state index contributed by atoms with van der Waals surface area (Å²) in [5.74, 6) is 0.162. The smallest absolute Gasteiger partial charge is 0.265 e. The molecule has 4 aromatic rings. The van der Waals surface area contributed by atoms with E-state index in [-0.39, 0.29) is 11.3 Å². The number of amides is 2. The Labute approximate surface area is 255 Å². The van der Waals surface area contributed by atoms with Gasteiger partial charge in [-0.2, -0.15) is 0 Å². The molecular weight excluding hydrogens is 572 g/mol. The van der Waals surface area contributed by atoms with Crippen molar-refractivity contribution in [1.82, 2.24) is 19.8 Å². The summed E-state index contributed by atoms with van der Waals surface area (Å²) >= 11 is 6.65. The van der Waals surface area contributed by atoms with Crippen LogP contribution in [0.2, 0.25) is 5.02 Å². The number of aliphatic hydroxyl groups excluding tert-OH is 2. The van der Waals surface area contributed by atoms with Crippen molar-refractivity contribution in [1.29, 1.82) is 0 Å². The number of H-pyrrole nitrogens is 1. The van der Waals surface area contributed by atoms with E-state index in [2.05, 4.69) is 46.7 Å². The van der Waals surface area contributed by atoms with Crippen molar-refractivity contribution in [2.24, 2.45) is 5.41 Å². The molecular formula is C31H39ClN6O5. The molecule has 1 unspecified atom stereocenters. The van der Waals surface area contributed by atoms with Crippen molar-refractivity contribution >= 4 is 40.4 Å². The second-order valence-electron chi connectivity index (χ2n) is 12.2. The molecule has 0 fully saturated rings. The average Bonchev–Trinajstić information content (AvgIpc) is 3.51. The number of nitrogens with zero attached hydrogens (tertiary/aromatic N) is 3. The van der Waals surface area contributed by atoms with Crippen molar-refractivity contribution in [3.8, 4) is 17.1 Å². The summed E-state index contributed by atoms with van der Waals surface area (Å²) < 4.78 is 7.66. The molecule has 43 heavy (non-hydrogen) atoms. The standard InChI is InChI=1S/C31H39ClN6O5/c1-16-13-17(2)24(18(3)22(16)26-35-36-27-23(32)25(30(5,6)7)37-38(26)27)34-28(41)19(4)43-21-11-9-20(10-12-21)33-29(42)31(8,14-39)15-40/h9-13,19,37,39-40H,14-15H2,1-8H3,(H,33,42)(H,34,41). The molecule has 0 spiro atoms. The zero-order chi connectivity index (χ0) is 31.9. The molecule has 5 N–H and O–H groups in total. The van der Waals surface area contributed by atoms with E-state index >= 15 is 0 Å². The van der Waals surface area contributed by atoms with Crippen molar-refractivity contribution in [3.05, 3.63) is 57.7 Å². The number of benzene rings is 2. The Kier molecular flexibility index (Phi) is 8.92. The number of anilines is 2. The second kappa shape index (κ2) is 12.0. The second-order valence-corrected chi connectivity index (χ2v) is 12.6. The molecule has 11 nitrogen and oxygen atoms in total. The van der Waals surface area contributed by atoms with Gasteiger partial charge in [0.1, 0.15) is 10.8 Å². The van der Waals surface area contributed by atoms with E-state index in [1.165, 1.54) is 6.92 Å². The first kappa shape index (κ1) is 32.0. The van der Waals surface area contributed by atoms with Crippen LogP contribution in [0.5, 0.6) is 5.75 Å². The van der Waals surface area contributed by atoms with Gasteiger partial charge in [-0.15, -0.1) is 10.2 Å². The first-order valence-corrected chi connectivity index (χ1v) is 14.3. The highest BCUT2D eigenvalue weighted by molar-refractivity contribution is 6.34. The number of nitrogens with one attached hydrogen (secondary N) is 3. The highest BCUT2D eigenvalue weighted by Gasteiger charge is 2.32. The molecule has 230 valence electrons. The summed E-state index contributed by atoms with van der Waals surface area (Å²) in [6.45, 7) is 14.2. The van der Waals surface area contributed by atoms with Crippen LogP contribution in [0.3, 0.4) is 0 Å². The third kappa shape index (κ3) is 6.24. The molecule has 0 radical (unpaired) electrons. The summed E-state index contributed by atoms with van der Waals surface area (Å²) in [7, 11) is 0. The zero-order valence-electron chi connectivity index (χ0n) is 25.7. The lowest BCUT2D eigenvalue weighted by Gasteiger charge is -2.23. The van der Waals surface area contributed by atoms with Gasteiger partial charge in [0.15, 0.2) is 17.6 Å². The number of aromatic amines is 1. The number of carbonyl (C=O) groups is 2. The Morgan fingerprint density at radius 3 is 2.23 bits per heavy atom. The van der Waals surface area contributed by atoms with Gasteiger partial charge in [-0.3, -0.25) is 14.7 Å². The van der Waals surface area contributed by atoms with E-state index < -0.39 is 30.6 Å². The number of hydrogen-bond acceptors (Lipinski definition) is 7. The molecule has 0 bridgehead atoms. The molecule has 0 saturated heterocycles. The molecule has 0 saturated carbocycles. The fraction of sp³-hybridized carbons (Fsp3) is 0.419.